The van der Waals surface area contributed by atoms with Crippen molar-refractivity contribution in [1.29, 1.82) is 0 Å². The zero-order valence-corrected chi connectivity index (χ0v) is 13.7. The number of rotatable bonds is 3. The first-order chi connectivity index (χ1) is 11.9. The van der Waals surface area contributed by atoms with Gasteiger partial charge in [-0.2, -0.15) is 0 Å². The molecule has 130 valence electrons. The molecular weight excluding hydrogens is 352 g/mol. The minimum Gasteiger partial charge on any atom is -0.497 e. The Bertz CT molecular complexity index is 981. The van der Waals surface area contributed by atoms with Gasteiger partial charge in [0.2, 0.25) is 11.8 Å². The summed E-state index contributed by atoms with van der Waals surface area (Å²) in [6.45, 7) is 0. The van der Waals surface area contributed by atoms with Crippen molar-refractivity contribution in [2.45, 2.75) is 12.3 Å². The van der Waals surface area contributed by atoms with Gasteiger partial charge in [0, 0.05) is 12.5 Å². The van der Waals surface area contributed by atoms with E-state index in [1.54, 1.807) is 12.1 Å². The van der Waals surface area contributed by atoms with Gasteiger partial charge >= 0.3 is 5.69 Å². The number of anilines is 2. The molecule has 25 heavy (non-hydrogen) atoms. The Morgan fingerprint density at radius 2 is 2.04 bits per heavy atom. The van der Waals surface area contributed by atoms with Crippen LogP contribution in [-0.2, 0) is 9.59 Å². The van der Waals surface area contributed by atoms with Crippen LogP contribution in [0.4, 0.5) is 11.5 Å². The number of H-pyrrole nitrogens is 2. The Balaban J connectivity index is 1.98. The van der Waals surface area contributed by atoms with E-state index < -0.39 is 29.0 Å². The number of fused-ring (bicyclic) bond motifs is 1. The molecule has 1 aliphatic heterocycles. The van der Waals surface area contributed by atoms with Crippen molar-refractivity contribution in [2.24, 2.45) is 0 Å². The lowest BCUT2D eigenvalue weighted by atomic mass is 9.92. The summed E-state index contributed by atoms with van der Waals surface area (Å²) in [6.07, 6.45) is -0.241. The van der Waals surface area contributed by atoms with Crippen LogP contribution >= 0.6 is 11.6 Å². The molecule has 0 bridgehead atoms. The Hall–Kier alpha value is -3.07. The van der Waals surface area contributed by atoms with Crippen molar-refractivity contribution in [2.75, 3.05) is 17.7 Å². The van der Waals surface area contributed by atoms with Crippen molar-refractivity contribution < 1.29 is 14.3 Å². The van der Waals surface area contributed by atoms with Crippen LogP contribution in [-0.4, -0.2) is 28.9 Å². The maximum absolute atomic E-state index is 12.6. The Morgan fingerprint density at radius 1 is 1.28 bits per heavy atom. The van der Waals surface area contributed by atoms with E-state index in [0.717, 1.165) is 0 Å². The van der Waals surface area contributed by atoms with E-state index >= 15 is 0 Å². The van der Waals surface area contributed by atoms with Crippen LogP contribution in [0.2, 0.25) is 5.02 Å². The van der Waals surface area contributed by atoms with Gasteiger partial charge in [-0.15, -0.1) is 0 Å². The molecule has 0 unspecified atom stereocenters. The first kappa shape index (κ1) is 16.8. The summed E-state index contributed by atoms with van der Waals surface area (Å²) in [4.78, 5) is 52.2. The van der Waals surface area contributed by atoms with Crippen LogP contribution in [0.5, 0.6) is 5.75 Å². The third-order valence-electron chi connectivity index (χ3n) is 3.73. The molecule has 1 aromatic carbocycles. The minimum absolute atomic E-state index is 0.0179. The molecule has 3 rings (SSSR count). The van der Waals surface area contributed by atoms with E-state index in [0.29, 0.717) is 5.75 Å². The van der Waals surface area contributed by atoms with E-state index in [1.165, 1.54) is 13.2 Å². The van der Waals surface area contributed by atoms with Gasteiger partial charge in [-0.1, -0.05) is 11.6 Å². The lowest BCUT2D eigenvalue weighted by Gasteiger charge is -2.23. The van der Waals surface area contributed by atoms with E-state index in [2.05, 4.69) is 15.6 Å². The van der Waals surface area contributed by atoms with Crippen molar-refractivity contribution in [3.63, 3.8) is 0 Å². The van der Waals surface area contributed by atoms with E-state index in [9.17, 15) is 19.2 Å². The number of carbonyl (C=O) groups is 2. The second-order valence-corrected chi connectivity index (χ2v) is 5.74. The highest BCUT2D eigenvalue weighted by molar-refractivity contribution is 6.33. The number of aromatic amines is 2. The molecule has 0 radical (unpaired) electrons. The Morgan fingerprint density at radius 3 is 2.76 bits per heavy atom. The Labute approximate surface area is 145 Å². The fourth-order valence-corrected chi connectivity index (χ4v) is 2.74. The van der Waals surface area contributed by atoms with Crippen LogP contribution in [0.25, 0.3) is 0 Å². The van der Waals surface area contributed by atoms with Crippen LogP contribution in [0.1, 0.15) is 17.9 Å². The molecule has 2 aromatic rings. The van der Waals surface area contributed by atoms with Crippen LogP contribution in [0, 0.1) is 0 Å². The summed E-state index contributed by atoms with van der Waals surface area (Å²) < 4.78 is 5.07. The maximum Gasteiger partial charge on any atom is 0.327 e. The highest BCUT2D eigenvalue weighted by atomic mass is 35.5. The predicted molar refractivity (Wildman–Crippen MR) is 90.3 cm³/mol. The number of benzene rings is 1. The number of hydrogen-bond acceptors (Lipinski definition) is 5. The molecular formula is C15H13ClN4O5. The van der Waals surface area contributed by atoms with E-state index in [1.807, 2.05) is 4.98 Å². The maximum atomic E-state index is 12.6. The SMILES string of the molecule is COc1ccc(Cl)c(NC(=O)[C@@H]2CC(=O)Nc3[nH]c(=O)[nH]c(=O)c32)c1. The molecule has 0 saturated carbocycles. The highest BCUT2D eigenvalue weighted by Crippen LogP contribution is 2.31. The fraction of sp³-hybridized carbons (Fsp3) is 0.200. The first-order valence-electron chi connectivity index (χ1n) is 7.20. The average molecular weight is 365 g/mol. The second-order valence-electron chi connectivity index (χ2n) is 5.34. The summed E-state index contributed by atoms with van der Waals surface area (Å²) in [5.41, 5.74) is -1.26. The third kappa shape index (κ3) is 3.26. The third-order valence-corrected chi connectivity index (χ3v) is 4.06. The number of aromatic nitrogens is 2. The lowest BCUT2D eigenvalue weighted by molar-refractivity contribution is -0.123. The summed E-state index contributed by atoms with van der Waals surface area (Å²) in [6, 6.07) is 4.68. The quantitative estimate of drug-likeness (QED) is 0.639. The van der Waals surface area contributed by atoms with Gasteiger partial charge in [0.15, 0.2) is 0 Å². The highest BCUT2D eigenvalue weighted by Gasteiger charge is 2.34. The van der Waals surface area contributed by atoms with Gasteiger partial charge in [0.05, 0.1) is 29.3 Å². The van der Waals surface area contributed by atoms with Crippen molar-refractivity contribution in [3.05, 3.63) is 49.6 Å². The fourth-order valence-electron chi connectivity index (χ4n) is 2.58. The van der Waals surface area contributed by atoms with Gasteiger partial charge in [0.1, 0.15) is 11.6 Å². The van der Waals surface area contributed by atoms with Crippen molar-refractivity contribution in [3.8, 4) is 5.75 Å². The van der Waals surface area contributed by atoms with Gasteiger partial charge in [-0.05, 0) is 12.1 Å². The largest absolute Gasteiger partial charge is 0.497 e. The molecule has 0 spiro atoms. The molecule has 1 aromatic heterocycles. The summed E-state index contributed by atoms with van der Waals surface area (Å²) in [7, 11) is 1.46. The molecule has 0 saturated heterocycles. The number of halogens is 1. The second kappa shape index (κ2) is 6.44. The normalized spacial score (nSPS) is 15.9. The number of carbonyl (C=O) groups excluding carboxylic acids is 2. The van der Waals surface area contributed by atoms with Gasteiger partial charge in [0.25, 0.3) is 5.56 Å². The Kier molecular flexibility index (Phi) is 4.32. The lowest BCUT2D eigenvalue weighted by Crippen LogP contribution is -2.39. The summed E-state index contributed by atoms with van der Waals surface area (Å²) in [5, 5.41) is 5.23. The van der Waals surface area contributed by atoms with Crippen LogP contribution in [0.3, 0.4) is 0 Å². The predicted octanol–water partition coefficient (Wildman–Crippen LogP) is 0.790. The molecule has 1 atom stereocenters. The molecule has 10 heteroatoms. The van der Waals surface area contributed by atoms with E-state index in [-0.39, 0.29) is 28.5 Å². The number of methoxy groups -OCH3 is 1. The van der Waals surface area contributed by atoms with Crippen molar-refractivity contribution >= 4 is 34.9 Å². The number of amides is 2. The van der Waals surface area contributed by atoms with E-state index in [4.69, 9.17) is 16.3 Å². The molecule has 0 aliphatic carbocycles. The number of ether oxygens (including phenoxy) is 1. The molecule has 2 amide bonds. The van der Waals surface area contributed by atoms with Gasteiger partial charge < -0.3 is 15.4 Å². The number of nitrogens with one attached hydrogen (secondary N) is 4. The summed E-state index contributed by atoms with van der Waals surface area (Å²) in [5.74, 6) is -1.79. The van der Waals surface area contributed by atoms with Gasteiger partial charge in [-0.3, -0.25) is 24.4 Å². The zero-order valence-electron chi connectivity index (χ0n) is 12.9. The zero-order chi connectivity index (χ0) is 18.1. The smallest absolute Gasteiger partial charge is 0.327 e. The molecule has 2 heterocycles. The molecule has 1 aliphatic rings. The standard InChI is InChI=1S/C15H13ClN4O5/c1-25-6-2-3-8(16)9(4-6)17-13(22)7-5-10(21)18-12-11(7)14(23)20-15(24)19-12/h2-4,7H,5H2,1H3,(H,17,22)(H3,18,19,20,21,23,24)/t7-/m1/s1. The van der Waals surface area contributed by atoms with Crippen LogP contribution in [0.15, 0.2) is 27.8 Å². The monoisotopic (exact) mass is 364 g/mol. The van der Waals surface area contributed by atoms with Gasteiger partial charge in [-0.25, -0.2) is 4.79 Å². The van der Waals surface area contributed by atoms with Crippen molar-refractivity contribution in [1.82, 2.24) is 9.97 Å². The summed E-state index contributed by atoms with van der Waals surface area (Å²) >= 11 is 6.05. The molecule has 9 nitrogen and oxygen atoms in total. The molecule has 4 N–H and O–H groups in total. The first-order valence-corrected chi connectivity index (χ1v) is 7.57. The minimum atomic E-state index is -1.08. The average Bonchev–Trinajstić information content (AvgIpc) is 2.55. The number of hydrogen-bond donors (Lipinski definition) is 4. The molecule has 0 fully saturated rings. The van der Waals surface area contributed by atoms with Crippen LogP contribution < -0.4 is 26.6 Å². The topological polar surface area (TPSA) is 133 Å².